The number of nitrogens with zero attached hydrogens (tertiary/aromatic N) is 1. The molecule has 0 N–H and O–H groups in total. The lowest BCUT2D eigenvalue weighted by Crippen LogP contribution is -2.37. The van der Waals surface area contributed by atoms with Crippen LogP contribution in [-0.2, 0) is 0 Å². The highest BCUT2D eigenvalue weighted by Crippen LogP contribution is 2.21. The van der Waals surface area contributed by atoms with E-state index < -0.39 is 5.82 Å². The molecule has 1 fully saturated rings. The van der Waals surface area contributed by atoms with Crippen LogP contribution in [0.4, 0.5) is 4.39 Å². The van der Waals surface area contributed by atoms with Crippen molar-refractivity contribution in [1.82, 2.24) is 4.90 Å². The molecule has 2 rings (SSSR count). The van der Waals surface area contributed by atoms with Crippen molar-refractivity contribution in [2.75, 3.05) is 20.2 Å². The highest BCUT2D eigenvalue weighted by molar-refractivity contribution is 5.79. The number of likely N-dealkylation sites (tertiary alicyclic amines) is 1. The number of hydrogen-bond donors (Lipinski definition) is 0. The first kappa shape index (κ1) is 14.0. The van der Waals surface area contributed by atoms with Gasteiger partial charge in [-0.2, -0.15) is 0 Å². The average molecular weight is 265 g/mol. The summed E-state index contributed by atoms with van der Waals surface area (Å²) in [6, 6.07) is 4.59. The van der Waals surface area contributed by atoms with E-state index in [1.54, 1.807) is 0 Å². The molecular formula is C15H20FNO2. The molecule has 1 aromatic rings. The summed E-state index contributed by atoms with van der Waals surface area (Å²) in [5.41, 5.74) is 0.275. The van der Waals surface area contributed by atoms with Crippen molar-refractivity contribution in [2.45, 2.75) is 31.7 Å². The molecule has 1 heterocycles. The van der Waals surface area contributed by atoms with E-state index in [4.69, 9.17) is 4.74 Å². The summed E-state index contributed by atoms with van der Waals surface area (Å²) in [5, 5.41) is 0. The van der Waals surface area contributed by atoms with Gasteiger partial charge in [0.25, 0.3) is 0 Å². The average Bonchev–Trinajstić information content (AvgIpc) is 2.42. The van der Waals surface area contributed by atoms with Crippen LogP contribution in [0.2, 0.25) is 0 Å². The van der Waals surface area contributed by atoms with Gasteiger partial charge < -0.3 is 9.64 Å². The van der Waals surface area contributed by atoms with Crippen molar-refractivity contribution in [2.24, 2.45) is 0 Å². The largest absolute Gasteiger partial charge is 0.493 e. The van der Waals surface area contributed by atoms with Crippen molar-refractivity contribution in [1.29, 1.82) is 0 Å². The SMILES string of the molecule is CN1CCCCC1CCOc1ccc(F)cc1C=O. The fraction of sp³-hybridized carbons (Fsp3) is 0.533. The minimum atomic E-state index is -0.415. The van der Waals surface area contributed by atoms with E-state index in [0.717, 1.165) is 13.0 Å². The molecule has 3 nitrogen and oxygen atoms in total. The van der Waals surface area contributed by atoms with Gasteiger partial charge in [-0.1, -0.05) is 6.42 Å². The summed E-state index contributed by atoms with van der Waals surface area (Å²) in [6.07, 6.45) is 5.30. The smallest absolute Gasteiger partial charge is 0.153 e. The number of aldehydes is 1. The monoisotopic (exact) mass is 265 g/mol. The number of piperidine rings is 1. The fourth-order valence-corrected chi connectivity index (χ4v) is 2.56. The van der Waals surface area contributed by atoms with Crippen LogP contribution in [0.3, 0.4) is 0 Å². The van der Waals surface area contributed by atoms with E-state index in [-0.39, 0.29) is 5.56 Å². The molecule has 1 unspecified atom stereocenters. The number of rotatable bonds is 5. The molecular weight excluding hydrogens is 245 g/mol. The summed E-state index contributed by atoms with van der Waals surface area (Å²) >= 11 is 0. The van der Waals surface area contributed by atoms with E-state index in [9.17, 15) is 9.18 Å². The third-order valence-corrected chi connectivity index (χ3v) is 3.73. The van der Waals surface area contributed by atoms with Crippen LogP contribution >= 0.6 is 0 Å². The molecule has 1 aromatic carbocycles. The molecule has 0 saturated carbocycles. The summed E-state index contributed by atoms with van der Waals surface area (Å²) in [7, 11) is 2.14. The van der Waals surface area contributed by atoms with E-state index in [0.29, 0.717) is 24.7 Å². The summed E-state index contributed by atoms with van der Waals surface area (Å²) in [5.74, 6) is 0.0522. The van der Waals surface area contributed by atoms with Gasteiger partial charge >= 0.3 is 0 Å². The zero-order valence-corrected chi connectivity index (χ0v) is 11.3. The first-order chi connectivity index (χ1) is 9.20. The Labute approximate surface area is 113 Å². The second-order valence-corrected chi connectivity index (χ2v) is 5.07. The highest BCUT2D eigenvalue weighted by Gasteiger charge is 2.18. The van der Waals surface area contributed by atoms with Crippen LogP contribution in [0, 0.1) is 5.82 Å². The zero-order chi connectivity index (χ0) is 13.7. The van der Waals surface area contributed by atoms with E-state index in [2.05, 4.69) is 11.9 Å². The predicted octanol–water partition coefficient (Wildman–Crippen LogP) is 2.89. The Morgan fingerprint density at radius 2 is 2.32 bits per heavy atom. The first-order valence-corrected chi connectivity index (χ1v) is 6.78. The molecule has 0 amide bonds. The van der Waals surface area contributed by atoms with Gasteiger partial charge in [0.1, 0.15) is 11.6 Å². The number of carbonyl (C=O) groups excluding carboxylic acids is 1. The third-order valence-electron chi connectivity index (χ3n) is 3.73. The van der Waals surface area contributed by atoms with Crippen molar-refractivity contribution in [3.8, 4) is 5.75 Å². The van der Waals surface area contributed by atoms with Crippen LogP contribution in [0.15, 0.2) is 18.2 Å². The molecule has 0 spiro atoms. The maximum atomic E-state index is 13.0. The van der Waals surface area contributed by atoms with Gasteiger partial charge in [0.05, 0.1) is 12.2 Å². The van der Waals surface area contributed by atoms with Crippen molar-refractivity contribution >= 4 is 6.29 Å². The molecule has 4 heteroatoms. The number of halogens is 1. The molecule has 0 bridgehead atoms. The highest BCUT2D eigenvalue weighted by atomic mass is 19.1. The Morgan fingerprint density at radius 3 is 3.05 bits per heavy atom. The third kappa shape index (κ3) is 3.77. The van der Waals surface area contributed by atoms with Crippen molar-refractivity contribution < 1.29 is 13.9 Å². The molecule has 1 atom stereocenters. The molecule has 1 saturated heterocycles. The van der Waals surface area contributed by atoms with Crippen molar-refractivity contribution in [3.63, 3.8) is 0 Å². The molecule has 104 valence electrons. The van der Waals surface area contributed by atoms with Crippen LogP contribution in [0.25, 0.3) is 0 Å². The Balaban J connectivity index is 1.86. The topological polar surface area (TPSA) is 29.5 Å². The number of hydrogen-bond acceptors (Lipinski definition) is 3. The molecule has 0 aromatic heterocycles. The van der Waals surface area contributed by atoms with Gasteiger partial charge in [0.2, 0.25) is 0 Å². The molecule has 0 aliphatic carbocycles. The van der Waals surface area contributed by atoms with Gasteiger partial charge in [0, 0.05) is 6.04 Å². The Bertz CT molecular complexity index is 436. The maximum Gasteiger partial charge on any atom is 0.153 e. The lowest BCUT2D eigenvalue weighted by atomic mass is 10.0. The van der Waals surface area contributed by atoms with Gasteiger partial charge in [-0.05, 0) is 51.1 Å². The van der Waals surface area contributed by atoms with E-state index >= 15 is 0 Å². The van der Waals surface area contributed by atoms with Crippen LogP contribution in [0.5, 0.6) is 5.75 Å². The zero-order valence-electron chi connectivity index (χ0n) is 11.3. The Hall–Kier alpha value is -1.42. The first-order valence-electron chi connectivity index (χ1n) is 6.78. The Kier molecular flexibility index (Phi) is 4.91. The predicted molar refractivity (Wildman–Crippen MR) is 72.2 cm³/mol. The van der Waals surface area contributed by atoms with Gasteiger partial charge in [-0.15, -0.1) is 0 Å². The quantitative estimate of drug-likeness (QED) is 0.767. The normalized spacial score (nSPS) is 20.2. The summed E-state index contributed by atoms with van der Waals surface area (Å²) < 4.78 is 18.6. The number of benzene rings is 1. The second-order valence-electron chi connectivity index (χ2n) is 5.07. The van der Waals surface area contributed by atoms with Gasteiger partial charge in [-0.3, -0.25) is 4.79 Å². The van der Waals surface area contributed by atoms with Gasteiger partial charge in [-0.25, -0.2) is 4.39 Å². The molecule has 1 aliphatic heterocycles. The molecule has 19 heavy (non-hydrogen) atoms. The van der Waals surface area contributed by atoms with Gasteiger partial charge in [0.15, 0.2) is 6.29 Å². The van der Waals surface area contributed by atoms with Crippen LogP contribution < -0.4 is 4.74 Å². The van der Waals surface area contributed by atoms with E-state index in [1.807, 2.05) is 0 Å². The number of carbonyl (C=O) groups is 1. The number of ether oxygens (including phenoxy) is 1. The van der Waals surface area contributed by atoms with Crippen molar-refractivity contribution in [3.05, 3.63) is 29.6 Å². The maximum absolute atomic E-state index is 13.0. The van der Waals surface area contributed by atoms with E-state index in [1.165, 1.54) is 37.5 Å². The fourth-order valence-electron chi connectivity index (χ4n) is 2.56. The lowest BCUT2D eigenvalue weighted by molar-refractivity contribution is 0.111. The minimum absolute atomic E-state index is 0.275. The lowest BCUT2D eigenvalue weighted by Gasteiger charge is -2.32. The van der Waals surface area contributed by atoms with Crippen LogP contribution in [0.1, 0.15) is 36.0 Å². The molecule has 0 radical (unpaired) electrons. The summed E-state index contributed by atoms with van der Waals surface area (Å²) in [6.45, 7) is 1.70. The minimum Gasteiger partial charge on any atom is -0.493 e. The summed E-state index contributed by atoms with van der Waals surface area (Å²) in [4.78, 5) is 13.2. The second kappa shape index (κ2) is 6.66. The Morgan fingerprint density at radius 1 is 1.47 bits per heavy atom. The standard InChI is InChI=1S/C15H20FNO2/c1-17-8-3-2-4-14(17)7-9-19-15-6-5-13(16)10-12(15)11-18/h5-6,10-11,14H,2-4,7-9H2,1H3. The molecule has 1 aliphatic rings. The van der Waals surface area contributed by atoms with Crippen LogP contribution in [-0.4, -0.2) is 37.4 Å².